The summed E-state index contributed by atoms with van der Waals surface area (Å²) in [5.41, 5.74) is 0.406. The van der Waals surface area contributed by atoms with Gasteiger partial charge >= 0.3 is 5.97 Å². The number of aromatic nitrogens is 1. The van der Waals surface area contributed by atoms with E-state index < -0.39 is 11.8 Å². The van der Waals surface area contributed by atoms with Gasteiger partial charge in [-0.1, -0.05) is 11.6 Å². The fourth-order valence-electron chi connectivity index (χ4n) is 1.66. The molecule has 1 aromatic carbocycles. The highest BCUT2D eigenvalue weighted by atomic mass is 35.5. The molecule has 0 spiro atoms. The number of hydrogen-bond donors (Lipinski definition) is 0. The van der Waals surface area contributed by atoms with E-state index in [1.165, 1.54) is 14.2 Å². The van der Waals surface area contributed by atoms with Gasteiger partial charge in [0.15, 0.2) is 11.5 Å². The first-order valence-corrected chi connectivity index (χ1v) is 6.03. The third-order valence-electron chi connectivity index (χ3n) is 2.67. The highest BCUT2D eigenvalue weighted by Crippen LogP contribution is 2.27. The Morgan fingerprint density at radius 1 is 1.25 bits per heavy atom. The van der Waals surface area contributed by atoms with Gasteiger partial charge in [-0.2, -0.15) is 0 Å². The molecule has 0 aliphatic heterocycles. The number of pyridine rings is 1. The largest absolute Gasteiger partial charge is 0.497 e. The summed E-state index contributed by atoms with van der Waals surface area (Å²) < 4.78 is 23.5. The summed E-state index contributed by atoms with van der Waals surface area (Å²) in [7, 11) is 2.74. The molecular formula is C14H11ClFNO3. The first-order valence-electron chi connectivity index (χ1n) is 5.65. The lowest BCUT2D eigenvalue weighted by atomic mass is 10.1. The maximum Gasteiger partial charge on any atom is 0.358 e. The van der Waals surface area contributed by atoms with Crippen molar-refractivity contribution in [1.82, 2.24) is 4.98 Å². The van der Waals surface area contributed by atoms with E-state index in [1.54, 1.807) is 24.3 Å². The van der Waals surface area contributed by atoms with E-state index in [4.69, 9.17) is 16.3 Å². The van der Waals surface area contributed by atoms with Crippen LogP contribution in [-0.4, -0.2) is 25.2 Å². The van der Waals surface area contributed by atoms with Crippen LogP contribution in [0.2, 0.25) is 5.02 Å². The van der Waals surface area contributed by atoms with Crippen LogP contribution in [0.1, 0.15) is 10.5 Å². The third-order valence-corrected chi connectivity index (χ3v) is 2.96. The molecule has 0 amide bonds. The average Bonchev–Trinajstić information content (AvgIpc) is 2.47. The first-order chi connectivity index (χ1) is 9.56. The molecule has 0 radical (unpaired) electrons. The molecule has 20 heavy (non-hydrogen) atoms. The normalized spacial score (nSPS) is 10.2. The van der Waals surface area contributed by atoms with Crippen molar-refractivity contribution in [2.24, 2.45) is 0 Å². The SMILES string of the molecule is COC(=O)c1nc(-c2ccc(OC)cc2)c(F)cc1Cl. The number of halogens is 2. The molecular weight excluding hydrogens is 285 g/mol. The zero-order valence-electron chi connectivity index (χ0n) is 10.8. The van der Waals surface area contributed by atoms with Gasteiger partial charge in [-0.3, -0.25) is 0 Å². The van der Waals surface area contributed by atoms with Crippen LogP contribution in [0.5, 0.6) is 5.75 Å². The van der Waals surface area contributed by atoms with Crippen LogP contribution in [0, 0.1) is 5.82 Å². The van der Waals surface area contributed by atoms with Gasteiger partial charge in [-0.05, 0) is 30.3 Å². The Kier molecular flexibility index (Phi) is 4.20. The van der Waals surface area contributed by atoms with Crippen molar-refractivity contribution in [1.29, 1.82) is 0 Å². The topological polar surface area (TPSA) is 48.4 Å². The van der Waals surface area contributed by atoms with E-state index in [1.807, 2.05) is 0 Å². The molecule has 0 aliphatic carbocycles. The lowest BCUT2D eigenvalue weighted by Gasteiger charge is -2.08. The average molecular weight is 296 g/mol. The zero-order valence-corrected chi connectivity index (χ0v) is 11.6. The molecule has 0 saturated heterocycles. The van der Waals surface area contributed by atoms with Crippen LogP contribution in [0.4, 0.5) is 4.39 Å². The molecule has 0 aliphatic rings. The fraction of sp³-hybridized carbons (Fsp3) is 0.143. The van der Waals surface area contributed by atoms with Gasteiger partial charge in [0.25, 0.3) is 0 Å². The molecule has 0 saturated carbocycles. The van der Waals surface area contributed by atoms with Gasteiger partial charge in [0, 0.05) is 5.56 Å². The Morgan fingerprint density at radius 3 is 2.45 bits per heavy atom. The second kappa shape index (κ2) is 5.88. The molecule has 0 fully saturated rings. The standard InChI is InChI=1S/C14H11ClFNO3/c1-19-9-5-3-8(4-6-9)12-11(16)7-10(15)13(17-12)14(18)20-2/h3-7H,1-2H3. The van der Waals surface area contributed by atoms with Gasteiger partial charge in [0.05, 0.1) is 19.2 Å². The van der Waals surface area contributed by atoms with Crippen LogP contribution in [-0.2, 0) is 4.74 Å². The fourth-order valence-corrected chi connectivity index (χ4v) is 1.87. The van der Waals surface area contributed by atoms with Crippen molar-refractivity contribution in [3.8, 4) is 17.0 Å². The summed E-state index contributed by atoms with van der Waals surface area (Å²) in [6.45, 7) is 0. The molecule has 0 bridgehead atoms. The molecule has 2 rings (SSSR count). The van der Waals surface area contributed by atoms with Crippen LogP contribution in [0.25, 0.3) is 11.3 Å². The Balaban J connectivity index is 2.52. The lowest BCUT2D eigenvalue weighted by molar-refractivity contribution is 0.0594. The molecule has 4 nitrogen and oxygen atoms in total. The Morgan fingerprint density at radius 2 is 1.90 bits per heavy atom. The van der Waals surface area contributed by atoms with E-state index in [2.05, 4.69) is 9.72 Å². The Bertz CT molecular complexity index is 644. The maximum absolute atomic E-state index is 13.9. The maximum atomic E-state index is 13.9. The number of carbonyl (C=O) groups excluding carboxylic acids is 1. The van der Waals surface area contributed by atoms with Crippen LogP contribution < -0.4 is 4.74 Å². The number of ether oxygens (including phenoxy) is 2. The minimum Gasteiger partial charge on any atom is -0.497 e. The molecule has 0 unspecified atom stereocenters. The van der Waals surface area contributed by atoms with Crippen molar-refractivity contribution < 1.29 is 18.7 Å². The van der Waals surface area contributed by atoms with E-state index in [0.717, 1.165) is 6.07 Å². The number of carbonyl (C=O) groups is 1. The van der Waals surface area contributed by atoms with Gasteiger partial charge < -0.3 is 9.47 Å². The Hall–Kier alpha value is -2.14. The number of hydrogen-bond acceptors (Lipinski definition) is 4. The molecule has 1 heterocycles. The van der Waals surface area contributed by atoms with Gasteiger partial charge in [-0.15, -0.1) is 0 Å². The van der Waals surface area contributed by atoms with E-state index in [0.29, 0.717) is 11.3 Å². The third kappa shape index (κ3) is 2.72. The molecule has 104 valence electrons. The van der Waals surface area contributed by atoms with E-state index in [-0.39, 0.29) is 16.4 Å². The monoisotopic (exact) mass is 295 g/mol. The minimum atomic E-state index is -0.718. The predicted octanol–water partition coefficient (Wildman–Crippen LogP) is 3.34. The predicted molar refractivity (Wildman–Crippen MR) is 72.5 cm³/mol. The second-order valence-electron chi connectivity index (χ2n) is 3.87. The van der Waals surface area contributed by atoms with Crippen molar-refractivity contribution in [3.05, 3.63) is 46.9 Å². The quantitative estimate of drug-likeness (QED) is 0.815. The number of methoxy groups -OCH3 is 2. The van der Waals surface area contributed by atoms with Crippen molar-refractivity contribution in [2.45, 2.75) is 0 Å². The highest BCUT2D eigenvalue weighted by molar-refractivity contribution is 6.33. The van der Waals surface area contributed by atoms with Gasteiger partial charge in [0.1, 0.15) is 11.4 Å². The zero-order chi connectivity index (χ0) is 14.7. The lowest BCUT2D eigenvalue weighted by Crippen LogP contribution is -2.07. The smallest absolute Gasteiger partial charge is 0.358 e. The van der Waals surface area contributed by atoms with Crippen molar-refractivity contribution in [2.75, 3.05) is 14.2 Å². The summed E-state index contributed by atoms with van der Waals surface area (Å²) >= 11 is 5.79. The molecule has 6 heteroatoms. The molecule has 0 atom stereocenters. The second-order valence-corrected chi connectivity index (χ2v) is 4.28. The molecule has 0 N–H and O–H groups in total. The summed E-state index contributed by atoms with van der Waals surface area (Å²) in [6, 6.07) is 7.66. The first kappa shape index (κ1) is 14.3. The minimum absolute atomic E-state index is 0.0254. The number of esters is 1. The number of rotatable bonds is 3. The van der Waals surface area contributed by atoms with Crippen molar-refractivity contribution >= 4 is 17.6 Å². The summed E-state index contributed by atoms with van der Waals surface area (Å²) in [5, 5.41) is -0.0911. The molecule has 2 aromatic rings. The summed E-state index contributed by atoms with van der Waals surface area (Å²) in [4.78, 5) is 15.5. The van der Waals surface area contributed by atoms with Crippen molar-refractivity contribution in [3.63, 3.8) is 0 Å². The summed E-state index contributed by atoms with van der Waals surface area (Å²) in [5.74, 6) is -0.700. The van der Waals surface area contributed by atoms with Crippen LogP contribution in [0.15, 0.2) is 30.3 Å². The van der Waals surface area contributed by atoms with Gasteiger partial charge in [-0.25, -0.2) is 14.2 Å². The number of benzene rings is 1. The van der Waals surface area contributed by atoms with E-state index >= 15 is 0 Å². The van der Waals surface area contributed by atoms with Crippen LogP contribution >= 0.6 is 11.6 Å². The van der Waals surface area contributed by atoms with Crippen LogP contribution in [0.3, 0.4) is 0 Å². The summed E-state index contributed by atoms with van der Waals surface area (Å²) in [6.07, 6.45) is 0. The molecule has 1 aromatic heterocycles. The number of nitrogens with zero attached hydrogens (tertiary/aromatic N) is 1. The Labute approximate surface area is 120 Å². The van der Waals surface area contributed by atoms with Gasteiger partial charge in [0.2, 0.25) is 0 Å². The highest BCUT2D eigenvalue weighted by Gasteiger charge is 2.18. The van der Waals surface area contributed by atoms with E-state index in [9.17, 15) is 9.18 Å².